The Balaban J connectivity index is 2.01. The molecule has 2 N–H and O–H groups in total. The van der Waals surface area contributed by atoms with Gasteiger partial charge in [-0.25, -0.2) is 9.18 Å². The Morgan fingerprint density at radius 1 is 1.31 bits per heavy atom. The first-order valence-corrected chi connectivity index (χ1v) is 8.43. The number of ether oxygens (including phenoxy) is 1. The van der Waals surface area contributed by atoms with Gasteiger partial charge in [0.2, 0.25) is 5.91 Å². The lowest BCUT2D eigenvalue weighted by molar-refractivity contribution is -0.157. The lowest BCUT2D eigenvalue weighted by atomic mass is 10.0. The molecule has 0 spiro atoms. The van der Waals surface area contributed by atoms with Crippen LogP contribution in [0.15, 0.2) is 24.3 Å². The highest BCUT2D eigenvalue weighted by Crippen LogP contribution is 2.28. The molecule has 8 heteroatoms. The van der Waals surface area contributed by atoms with E-state index in [0.717, 1.165) is 0 Å². The fourth-order valence-electron chi connectivity index (χ4n) is 2.88. The minimum Gasteiger partial charge on any atom is -0.479 e. The highest BCUT2D eigenvalue weighted by atomic mass is 19.1. The van der Waals surface area contributed by atoms with E-state index in [-0.39, 0.29) is 18.5 Å². The molecule has 1 aliphatic heterocycles. The minimum atomic E-state index is -1.10. The third-order valence-electron chi connectivity index (χ3n) is 4.28. The van der Waals surface area contributed by atoms with Gasteiger partial charge in [-0.1, -0.05) is 6.92 Å². The summed E-state index contributed by atoms with van der Waals surface area (Å²) in [5, 5.41) is 11.7. The second kappa shape index (κ2) is 8.27. The number of halogens is 1. The van der Waals surface area contributed by atoms with Crippen molar-refractivity contribution in [1.82, 2.24) is 4.90 Å². The monoisotopic (exact) mass is 366 g/mol. The van der Waals surface area contributed by atoms with E-state index in [2.05, 4.69) is 5.32 Å². The number of anilines is 1. The number of nitrogens with one attached hydrogen (secondary N) is 1. The number of rotatable bonds is 6. The van der Waals surface area contributed by atoms with Crippen molar-refractivity contribution in [1.29, 1.82) is 0 Å². The van der Waals surface area contributed by atoms with Gasteiger partial charge in [0, 0.05) is 11.7 Å². The smallest absolute Gasteiger partial charge is 0.333 e. The predicted octanol–water partition coefficient (Wildman–Crippen LogP) is 1.88. The van der Waals surface area contributed by atoms with Crippen molar-refractivity contribution in [3.8, 4) is 0 Å². The maximum Gasteiger partial charge on any atom is 0.333 e. The molecule has 7 nitrogen and oxygen atoms in total. The quantitative estimate of drug-likeness (QED) is 0.801. The Morgan fingerprint density at radius 3 is 2.42 bits per heavy atom. The van der Waals surface area contributed by atoms with Gasteiger partial charge >= 0.3 is 5.97 Å². The van der Waals surface area contributed by atoms with Gasteiger partial charge in [-0.3, -0.25) is 9.59 Å². The van der Waals surface area contributed by atoms with Gasteiger partial charge in [-0.15, -0.1) is 0 Å². The molecule has 1 fully saturated rings. The SMILES string of the molecule is CC(C)N(CC(=O)Nc1ccc(F)cc1)C(=O)[C@@H]1C[C@H](C)[C@@H](C(=O)O)O1. The van der Waals surface area contributed by atoms with Gasteiger partial charge in [0.15, 0.2) is 6.10 Å². The Kier molecular flexibility index (Phi) is 6.31. The Hall–Kier alpha value is -2.48. The number of carbonyl (C=O) groups is 3. The minimum absolute atomic E-state index is 0.208. The number of amides is 2. The van der Waals surface area contributed by atoms with E-state index < -0.39 is 35.8 Å². The molecule has 142 valence electrons. The van der Waals surface area contributed by atoms with Crippen LogP contribution < -0.4 is 5.32 Å². The molecule has 2 rings (SSSR count). The number of carboxylic acid groups (broad SMARTS) is 1. The number of carboxylic acids is 1. The number of carbonyl (C=O) groups excluding carboxylic acids is 2. The fraction of sp³-hybridized carbons (Fsp3) is 0.500. The molecule has 0 saturated carbocycles. The fourth-order valence-corrected chi connectivity index (χ4v) is 2.88. The first kappa shape index (κ1) is 19.8. The highest BCUT2D eigenvalue weighted by Gasteiger charge is 2.42. The molecule has 1 heterocycles. The first-order valence-electron chi connectivity index (χ1n) is 8.43. The van der Waals surface area contributed by atoms with Crippen LogP contribution in [-0.4, -0.2) is 52.6 Å². The standard InChI is InChI=1S/C18H23FN2O5/c1-10(2)21(9-15(22)20-13-6-4-12(19)5-7-13)17(23)14-8-11(3)16(26-14)18(24)25/h4-7,10-11,14,16H,8-9H2,1-3H3,(H,20,22)(H,24,25)/t11-,14-,16-/m0/s1. The number of nitrogens with zero attached hydrogens (tertiary/aromatic N) is 1. The maximum absolute atomic E-state index is 12.9. The molecule has 1 aliphatic rings. The van der Waals surface area contributed by atoms with Crippen LogP contribution in [0, 0.1) is 11.7 Å². The van der Waals surface area contributed by atoms with Crippen LogP contribution in [0.5, 0.6) is 0 Å². The zero-order valence-corrected chi connectivity index (χ0v) is 14.9. The van der Waals surface area contributed by atoms with Crippen molar-refractivity contribution in [2.45, 2.75) is 45.4 Å². The maximum atomic E-state index is 12.9. The lowest BCUT2D eigenvalue weighted by Gasteiger charge is -2.28. The number of hydrogen-bond donors (Lipinski definition) is 2. The van der Waals surface area contributed by atoms with Crippen LogP contribution in [0.4, 0.5) is 10.1 Å². The molecule has 3 atom stereocenters. The summed E-state index contributed by atoms with van der Waals surface area (Å²) in [7, 11) is 0. The predicted molar refractivity (Wildman–Crippen MR) is 92.0 cm³/mol. The van der Waals surface area contributed by atoms with Crippen molar-refractivity contribution in [3.05, 3.63) is 30.1 Å². The van der Waals surface area contributed by atoms with Crippen LogP contribution in [-0.2, 0) is 19.1 Å². The second-order valence-electron chi connectivity index (χ2n) is 6.71. The molecule has 0 aromatic heterocycles. The van der Waals surface area contributed by atoms with Crippen LogP contribution in [0.3, 0.4) is 0 Å². The highest BCUT2D eigenvalue weighted by molar-refractivity contribution is 5.95. The Morgan fingerprint density at radius 2 is 1.92 bits per heavy atom. The summed E-state index contributed by atoms with van der Waals surface area (Å²) in [6, 6.07) is 5.02. The number of hydrogen-bond acceptors (Lipinski definition) is 4. The van der Waals surface area contributed by atoms with Crippen molar-refractivity contribution in [3.63, 3.8) is 0 Å². The summed E-state index contributed by atoms with van der Waals surface area (Å²) in [5.41, 5.74) is 0.421. The summed E-state index contributed by atoms with van der Waals surface area (Å²) in [6.07, 6.45) is -1.61. The van der Waals surface area contributed by atoms with Gasteiger partial charge in [0.05, 0.1) is 0 Å². The Bertz CT molecular complexity index is 677. The topological polar surface area (TPSA) is 95.9 Å². The summed E-state index contributed by atoms with van der Waals surface area (Å²) >= 11 is 0. The van der Waals surface area contributed by atoms with E-state index in [9.17, 15) is 18.8 Å². The van der Waals surface area contributed by atoms with Crippen molar-refractivity contribution in [2.24, 2.45) is 5.92 Å². The van der Waals surface area contributed by atoms with E-state index in [0.29, 0.717) is 12.1 Å². The zero-order chi connectivity index (χ0) is 19.4. The van der Waals surface area contributed by atoms with Gasteiger partial charge in [-0.2, -0.15) is 0 Å². The van der Waals surface area contributed by atoms with E-state index in [4.69, 9.17) is 9.84 Å². The van der Waals surface area contributed by atoms with Gasteiger partial charge in [0.25, 0.3) is 5.91 Å². The second-order valence-corrected chi connectivity index (χ2v) is 6.71. The van der Waals surface area contributed by atoms with E-state index in [1.807, 2.05) is 0 Å². The van der Waals surface area contributed by atoms with E-state index >= 15 is 0 Å². The Labute approximate surface area is 151 Å². The zero-order valence-electron chi connectivity index (χ0n) is 14.9. The molecule has 1 aromatic carbocycles. The van der Waals surface area contributed by atoms with Crippen molar-refractivity contribution >= 4 is 23.5 Å². The number of benzene rings is 1. The molecule has 0 aliphatic carbocycles. The molecule has 26 heavy (non-hydrogen) atoms. The van der Waals surface area contributed by atoms with Crippen molar-refractivity contribution < 1.29 is 28.6 Å². The summed E-state index contributed by atoms with van der Waals surface area (Å²) in [4.78, 5) is 37.4. The molecule has 1 aromatic rings. The molecule has 0 radical (unpaired) electrons. The summed E-state index contributed by atoms with van der Waals surface area (Å²) in [6.45, 7) is 5.03. The van der Waals surface area contributed by atoms with Crippen LogP contribution in [0.25, 0.3) is 0 Å². The van der Waals surface area contributed by atoms with Crippen LogP contribution in [0.2, 0.25) is 0 Å². The summed E-state index contributed by atoms with van der Waals surface area (Å²) < 4.78 is 18.3. The summed E-state index contributed by atoms with van der Waals surface area (Å²) in [5.74, 6) is -2.65. The third kappa shape index (κ3) is 4.78. The van der Waals surface area contributed by atoms with Gasteiger partial charge < -0.3 is 20.1 Å². The third-order valence-corrected chi connectivity index (χ3v) is 4.28. The normalized spacial score (nSPS) is 22.3. The van der Waals surface area contributed by atoms with Crippen LogP contribution >= 0.6 is 0 Å². The van der Waals surface area contributed by atoms with Crippen molar-refractivity contribution in [2.75, 3.05) is 11.9 Å². The molecular formula is C18H23FN2O5. The van der Waals surface area contributed by atoms with Gasteiger partial charge in [0.1, 0.15) is 18.5 Å². The van der Waals surface area contributed by atoms with E-state index in [1.54, 1.807) is 20.8 Å². The lowest BCUT2D eigenvalue weighted by Crippen LogP contribution is -2.47. The molecule has 0 unspecified atom stereocenters. The molecule has 0 bridgehead atoms. The molecular weight excluding hydrogens is 343 g/mol. The molecule has 2 amide bonds. The molecule has 1 saturated heterocycles. The van der Waals surface area contributed by atoms with Gasteiger partial charge in [-0.05, 0) is 50.5 Å². The number of aliphatic carboxylic acids is 1. The first-order chi connectivity index (χ1) is 12.2. The van der Waals surface area contributed by atoms with Crippen LogP contribution in [0.1, 0.15) is 27.2 Å². The average Bonchev–Trinajstić information content (AvgIpc) is 2.96. The average molecular weight is 366 g/mol. The van der Waals surface area contributed by atoms with E-state index in [1.165, 1.54) is 29.2 Å². The largest absolute Gasteiger partial charge is 0.479 e.